The van der Waals surface area contributed by atoms with Crippen LogP contribution in [-0.4, -0.2) is 20.6 Å². The van der Waals surface area contributed by atoms with Crippen molar-refractivity contribution >= 4 is 5.97 Å². The number of nitrogens with zero attached hydrogens (tertiary/aromatic N) is 2. The van der Waals surface area contributed by atoms with Crippen molar-refractivity contribution in [1.82, 2.24) is 9.55 Å². The van der Waals surface area contributed by atoms with E-state index in [0.717, 1.165) is 5.56 Å². The summed E-state index contributed by atoms with van der Waals surface area (Å²) in [6.45, 7) is 1.64. The normalized spacial score (nSPS) is 12.3. The summed E-state index contributed by atoms with van der Waals surface area (Å²) in [6, 6.07) is 8.93. The molecule has 0 radical (unpaired) electrons. The van der Waals surface area contributed by atoms with Crippen molar-refractivity contribution in [3.8, 4) is 11.4 Å². The molecular weight excluding hydrogens is 204 g/mol. The third-order valence-corrected chi connectivity index (χ3v) is 2.48. The Morgan fingerprint density at radius 2 is 2.06 bits per heavy atom. The number of carboxylic acids is 1. The lowest BCUT2D eigenvalue weighted by atomic mass is 10.2. The third kappa shape index (κ3) is 1.82. The number of carbonyl (C=O) groups is 1. The second-order valence-corrected chi connectivity index (χ2v) is 3.54. The monoisotopic (exact) mass is 216 g/mol. The van der Waals surface area contributed by atoms with Gasteiger partial charge in [-0.25, -0.2) is 9.78 Å². The number of aromatic nitrogens is 2. The summed E-state index contributed by atoms with van der Waals surface area (Å²) in [4.78, 5) is 15.1. The molecule has 1 N–H and O–H groups in total. The van der Waals surface area contributed by atoms with Gasteiger partial charge in [-0.2, -0.15) is 0 Å². The van der Waals surface area contributed by atoms with Crippen LogP contribution in [-0.2, 0) is 4.79 Å². The fraction of sp³-hybridized carbons (Fsp3) is 0.167. The van der Waals surface area contributed by atoms with Gasteiger partial charge in [-0.05, 0) is 6.92 Å². The highest BCUT2D eigenvalue weighted by molar-refractivity contribution is 5.72. The second kappa shape index (κ2) is 4.18. The van der Waals surface area contributed by atoms with Crippen LogP contribution < -0.4 is 0 Å². The maximum atomic E-state index is 10.9. The van der Waals surface area contributed by atoms with E-state index in [1.165, 1.54) is 0 Å². The predicted octanol–water partition coefficient (Wildman–Crippen LogP) is 2.20. The van der Waals surface area contributed by atoms with Crippen LogP contribution in [0.3, 0.4) is 0 Å². The molecule has 4 nitrogen and oxygen atoms in total. The van der Waals surface area contributed by atoms with Crippen molar-refractivity contribution in [3.63, 3.8) is 0 Å². The molecule has 0 aliphatic heterocycles. The zero-order chi connectivity index (χ0) is 11.5. The van der Waals surface area contributed by atoms with Gasteiger partial charge >= 0.3 is 5.97 Å². The average Bonchev–Trinajstić information content (AvgIpc) is 2.77. The minimum absolute atomic E-state index is 0.613. The zero-order valence-corrected chi connectivity index (χ0v) is 8.87. The van der Waals surface area contributed by atoms with Gasteiger partial charge in [-0.1, -0.05) is 30.3 Å². The standard InChI is InChI=1S/C12H12N2O2/c1-9(12(15)16)14-8-7-13-11(14)10-5-3-2-4-6-10/h2-9H,1H3,(H,15,16). The Hall–Kier alpha value is -2.10. The Bertz CT molecular complexity index is 491. The molecule has 1 aromatic heterocycles. The number of benzene rings is 1. The molecule has 0 aliphatic rings. The SMILES string of the molecule is CC(C(=O)O)n1ccnc1-c1ccccc1. The molecule has 1 aromatic carbocycles. The summed E-state index contributed by atoms with van der Waals surface area (Å²) >= 11 is 0. The molecule has 0 aliphatic carbocycles. The van der Waals surface area contributed by atoms with Crippen molar-refractivity contribution < 1.29 is 9.90 Å². The molecule has 0 amide bonds. The second-order valence-electron chi connectivity index (χ2n) is 3.54. The molecule has 0 saturated heterocycles. The Balaban J connectivity index is 2.44. The van der Waals surface area contributed by atoms with Gasteiger partial charge in [-0.3, -0.25) is 0 Å². The summed E-state index contributed by atoms with van der Waals surface area (Å²) in [7, 11) is 0. The summed E-state index contributed by atoms with van der Waals surface area (Å²) < 4.78 is 1.65. The molecular formula is C12H12N2O2. The Kier molecular flexibility index (Phi) is 2.72. The molecule has 16 heavy (non-hydrogen) atoms. The minimum atomic E-state index is -0.866. The average molecular weight is 216 g/mol. The van der Waals surface area contributed by atoms with Crippen LogP contribution in [0.1, 0.15) is 13.0 Å². The van der Waals surface area contributed by atoms with Crippen LogP contribution in [0.25, 0.3) is 11.4 Å². The van der Waals surface area contributed by atoms with E-state index < -0.39 is 12.0 Å². The molecule has 2 rings (SSSR count). The smallest absolute Gasteiger partial charge is 0.326 e. The minimum Gasteiger partial charge on any atom is -0.480 e. The first kappa shape index (κ1) is 10.4. The number of aliphatic carboxylic acids is 1. The van der Waals surface area contributed by atoms with Gasteiger partial charge in [0.2, 0.25) is 0 Å². The van der Waals surface area contributed by atoms with E-state index in [2.05, 4.69) is 4.98 Å². The van der Waals surface area contributed by atoms with Gasteiger partial charge in [0.1, 0.15) is 11.9 Å². The van der Waals surface area contributed by atoms with Gasteiger partial charge in [0, 0.05) is 18.0 Å². The van der Waals surface area contributed by atoms with E-state index in [9.17, 15) is 4.79 Å². The number of carboxylic acid groups (broad SMARTS) is 1. The van der Waals surface area contributed by atoms with E-state index in [1.54, 1.807) is 23.9 Å². The molecule has 0 bridgehead atoms. The van der Waals surface area contributed by atoms with Crippen LogP contribution in [0.5, 0.6) is 0 Å². The lowest BCUT2D eigenvalue weighted by molar-refractivity contribution is -0.140. The highest BCUT2D eigenvalue weighted by atomic mass is 16.4. The Labute approximate surface area is 93.2 Å². The van der Waals surface area contributed by atoms with Crippen molar-refractivity contribution in [3.05, 3.63) is 42.7 Å². The van der Waals surface area contributed by atoms with Crippen LogP contribution in [0.15, 0.2) is 42.7 Å². The number of imidazole rings is 1. The van der Waals surface area contributed by atoms with E-state index in [0.29, 0.717) is 5.82 Å². The molecule has 4 heteroatoms. The zero-order valence-electron chi connectivity index (χ0n) is 8.87. The van der Waals surface area contributed by atoms with Crippen molar-refractivity contribution in [1.29, 1.82) is 0 Å². The number of hydrogen-bond acceptors (Lipinski definition) is 2. The number of rotatable bonds is 3. The van der Waals surface area contributed by atoms with Crippen LogP contribution in [0.4, 0.5) is 0 Å². The summed E-state index contributed by atoms with van der Waals surface area (Å²) in [5.41, 5.74) is 0.917. The molecule has 0 spiro atoms. The topological polar surface area (TPSA) is 55.1 Å². The van der Waals surface area contributed by atoms with Crippen LogP contribution >= 0.6 is 0 Å². The van der Waals surface area contributed by atoms with E-state index >= 15 is 0 Å². The van der Waals surface area contributed by atoms with Crippen LogP contribution in [0, 0.1) is 0 Å². The first-order valence-electron chi connectivity index (χ1n) is 5.01. The van der Waals surface area contributed by atoms with Gasteiger partial charge in [0.15, 0.2) is 0 Å². The van der Waals surface area contributed by atoms with Crippen molar-refractivity contribution in [2.45, 2.75) is 13.0 Å². The molecule has 1 unspecified atom stereocenters. The fourth-order valence-electron chi connectivity index (χ4n) is 1.56. The highest BCUT2D eigenvalue weighted by Gasteiger charge is 2.16. The first-order valence-corrected chi connectivity index (χ1v) is 5.01. The van der Waals surface area contributed by atoms with Gasteiger partial charge in [0.25, 0.3) is 0 Å². The van der Waals surface area contributed by atoms with Crippen molar-refractivity contribution in [2.24, 2.45) is 0 Å². The summed E-state index contributed by atoms with van der Waals surface area (Å²) in [6.07, 6.45) is 3.29. The highest BCUT2D eigenvalue weighted by Crippen LogP contribution is 2.20. The van der Waals surface area contributed by atoms with E-state index in [1.807, 2.05) is 30.3 Å². The van der Waals surface area contributed by atoms with Crippen LogP contribution in [0.2, 0.25) is 0 Å². The maximum absolute atomic E-state index is 10.9. The van der Waals surface area contributed by atoms with Gasteiger partial charge in [-0.15, -0.1) is 0 Å². The predicted molar refractivity (Wildman–Crippen MR) is 60.0 cm³/mol. The fourth-order valence-corrected chi connectivity index (χ4v) is 1.56. The van der Waals surface area contributed by atoms with E-state index in [-0.39, 0.29) is 0 Å². The molecule has 2 aromatic rings. The lowest BCUT2D eigenvalue weighted by Gasteiger charge is -2.11. The largest absolute Gasteiger partial charge is 0.480 e. The van der Waals surface area contributed by atoms with Gasteiger partial charge < -0.3 is 9.67 Å². The third-order valence-electron chi connectivity index (χ3n) is 2.48. The Morgan fingerprint density at radius 1 is 1.38 bits per heavy atom. The van der Waals surface area contributed by atoms with Crippen molar-refractivity contribution in [2.75, 3.05) is 0 Å². The molecule has 0 fully saturated rings. The number of hydrogen-bond donors (Lipinski definition) is 1. The molecule has 0 saturated carbocycles. The first-order chi connectivity index (χ1) is 7.70. The molecule has 1 atom stereocenters. The summed E-state index contributed by atoms with van der Waals surface area (Å²) in [5.74, 6) is -0.189. The maximum Gasteiger partial charge on any atom is 0.326 e. The molecule has 82 valence electrons. The lowest BCUT2D eigenvalue weighted by Crippen LogP contribution is -2.15. The quantitative estimate of drug-likeness (QED) is 0.855. The Morgan fingerprint density at radius 3 is 2.69 bits per heavy atom. The molecule has 1 heterocycles. The van der Waals surface area contributed by atoms with E-state index in [4.69, 9.17) is 5.11 Å². The van der Waals surface area contributed by atoms with Gasteiger partial charge in [0.05, 0.1) is 0 Å². The summed E-state index contributed by atoms with van der Waals surface area (Å²) in [5, 5.41) is 8.98.